The zero-order chi connectivity index (χ0) is 24.7. The molecule has 0 saturated heterocycles. The maximum Gasteiger partial charge on any atom is 0.178 e. The third-order valence-corrected chi connectivity index (χ3v) is 6.42. The first-order valence-electron chi connectivity index (χ1n) is 11.6. The van der Waals surface area contributed by atoms with Crippen molar-refractivity contribution in [3.8, 4) is 0 Å². The molecule has 1 N–H and O–H groups in total. The Labute approximate surface area is 206 Å². The fraction of sp³-hybridized carbons (Fsp3) is 0.407. The molecule has 0 saturated carbocycles. The SMILES string of the molecule is Cc1ccc(NC(c2cc3ccccc3nc2Cl)c2nnnn2C(C)(C)CC(C)(C)C)cc1C. The van der Waals surface area contributed by atoms with E-state index in [1.165, 1.54) is 11.1 Å². The van der Waals surface area contributed by atoms with E-state index in [9.17, 15) is 0 Å². The van der Waals surface area contributed by atoms with Crippen LogP contribution in [0, 0.1) is 19.3 Å². The van der Waals surface area contributed by atoms with Gasteiger partial charge in [0.1, 0.15) is 11.2 Å². The van der Waals surface area contributed by atoms with E-state index in [4.69, 9.17) is 11.6 Å². The van der Waals surface area contributed by atoms with Gasteiger partial charge in [0.2, 0.25) is 0 Å². The van der Waals surface area contributed by atoms with Crippen LogP contribution in [-0.4, -0.2) is 25.2 Å². The van der Waals surface area contributed by atoms with Crippen molar-refractivity contribution < 1.29 is 0 Å². The second-order valence-corrected chi connectivity index (χ2v) is 11.3. The normalized spacial score (nSPS) is 13.3. The number of aromatic nitrogens is 5. The monoisotopic (exact) mass is 476 g/mol. The molecule has 1 atom stereocenters. The molecule has 34 heavy (non-hydrogen) atoms. The van der Waals surface area contributed by atoms with Crippen molar-refractivity contribution in [3.05, 3.63) is 76.2 Å². The third kappa shape index (κ3) is 5.07. The number of pyridine rings is 1. The van der Waals surface area contributed by atoms with Crippen molar-refractivity contribution in [2.75, 3.05) is 5.32 Å². The molecule has 178 valence electrons. The summed E-state index contributed by atoms with van der Waals surface area (Å²) in [6.07, 6.45) is 0.901. The molecule has 0 fully saturated rings. The van der Waals surface area contributed by atoms with Crippen molar-refractivity contribution >= 4 is 28.2 Å². The lowest BCUT2D eigenvalue weighted by atomic mass is 9.81. The largest absolute Gasteiger partial charge is 0.371 e. The average Bonchev–Trinajstić information content (AvgIpc) is 3.23. The second kappa shape index (κ2) is 8.99. The molecule has 4 rings (SSSR count). The lowest BCUT2D eigenvalue weighted by Gasteiger charge is -2.34. The molecule has 1 unspecified atom stereocenters. The van der Waals surface area contributed by atoms with Crippen LogP contribution in [0.5, 0.6) is 0 Å². The van der Waals surface area contributed by atoms with Crippen LogP contribution < -0.4 is 5.32 Å². The Bertz CT molecular complexity index is 1320. The van der Waals surface area contributed by atoms with Crippen molar-refractivity contribution in [1.82, 2.24) is 25.2 Å². The molecule has 0 aliphatic heterocycles. The number of halogens is 1. The van der Waals surface area contributed by atoms with Gasteiger partial charge in [-0.05, 0) is 85.3 Å². The number of nitrogens with one attached hydrogen (secondary N) is 1. The lowest BCUT2D eigenvalue weighted by Crippen LogP contribution is -2.35. The van der Waals surface area contributed by atoms with Gasteiger partial charge in [-0.1, -0.05) is 56.6 Å². The molecule has 4 aromatic rings. The number of anilines is 1. The van der Waals surface area contributed by atoms with Gasteiger partial charge in [0.15, 0.2) is 5.82 Å². The van der Waals surface area contributed by atoms with E-state index >= 15 is 0 Å². The predicted molar refractivity (Wildman–Crippen MR) is 139 cm³/mol. The molecule has 0 aliphatic carbocycles. The van der Waals surface area contributed by atoms with Crippen molar-refractivity contribution in [3.63, 3.8) is 0 Å². The van der Waals surface area contributed by atoms with Gasteiger partial charge < -0.3 is 5.32 Å². The van der Waals surface area contributed by atoms with E-state index in [1.54, 1.807) is 0 Å². The van der Waals surface area contributed by atoms with E-state index < -0.39 is 0 Å². The molecule has 2 heterocycles. The van der Waals surface area contributed by atoms with Crippen molar-refractivity contribution in [2.45, 2.75) is 66.5 Å². The molecule has 6 nitrogen and oxygen atoms in total. The highest BCUT2D eigenvalue weighted by Gasteiger charge is 2.34. The predicted octanol–water partition coefficient (Wildman–Crippen LogP) is 6.86. The summed E-state index contributed by atoms with van der Waals surface area (Å²) in [5.74, 6) is 0.700. The molecule has 2 aromatic carbocycles. The molecule has 0 amide bonds. The first-order chi connectivity index (χ1) is 15.9. The summed E-state index contributed by atoms with van der Waals surface area (Å²) >= 11 is 6.78. The van der Waals surface area contributed by atoms with E-state index in [-0.39, 0.29) is 17.0 Å². The highest BCUT2D eigenvalue weighted by atomic mass is 35.5. The summed E-state index contributed by atoms with van der Waals surface area (Å²) in [7, 11) is 0. The summed E-state index contributed by atoms with van der Waals surface area (Å²) in [6, 6.07) is 16.0. The Morgan fingerprint density at radius 2 is 1.71 bits per heavy atom. The summed E-state index contributed by atoms with van der Waals surface area (Å²) < 4.78 is 1.93. The second-order valence-electron chi connectivity index (χ2n) is 10.9. The Hall–Kier alpha value is -2.99. The lowest BCUT2D eigenvalue weighted by molar-refractivity contribution is 0.190. The van der Waals surface area contributed by atoms with Gasteiger partial charge in [-0.25, -0.2) is 9.67 Å². The summed E-state index contributed by atoms with van der Waals surface area (Å²) in [6.45, 7) is 15.2. The van der Waals surface area contributed by atoms with E-state index in [2.05, 4.69) is 98.6 Å². The number of fused-ring (bicyclic) bond motifs is 1. The Kier molecular flexibility index (Phi) is 6.38. The Morgan fingerprint density at radius 3 is 2.41 bits per heavy atom. The number of aryl methyl sites for hydroxylation is 2. The molecular formula is C27H33ClN6. The molecule has 0 radical (unpaired) electrons. The molecule has 2 aromatic heterocycles. The minimum Gasteiger partial charge on any atom is -0.371 e. The van der Waals surface area contributed by atoms with E-state index in [0.717, 1.165) is 28.6 Å². The first kappa shape index (κ1) is 24.1. The van der Waals surface area contributed by atoms with Gasteiger partial charge in [0.25, 0.3) is 0 Å². The van der Waals surface area contributed by atoms with Gasteiger partial charge in [0, 0.05) is 16.6 Å². The van der Waals surface area contributed by atoms with Crippen LogP contribution in [0.3, 0.4) is 0 Å². The molecular weight excluding hydrogens is 444 g/mol. The first-order valence-corrected chi connectivity index (χ1v) is 12.0. The van der Waals surface area contributed by atoms with Gasteiger partial charge in [0.05, 0.1) is 11.1 Å². The Morgan fingerprint density at radius 1 is 0.971 bits per heavy atom. The smallest absolute Gasteiger partial charge is 0.178 e. The van der Waals surface area contributed by atoms with Crippen LogP contribution in [0.4, 0.5) is 5.69 Å². The van der Waals surface area contributed by atoms with Crippen LogP contribution in [0.15, 0.2) is 48.5 Å². The van der Waals surface area contributed by atoms with E-state index in [0.29, 0.717) is 11.0 Å². The van der Waals surface area contributed by atoms with Crippen molar-refractivity contribution in [2.24, 2.45) is 5.41 Å². The standard InChI is InChI=1S/C27H33ClN6/c1-17-12-13-20(14-18(17)2)29-23(21-15-19-10-8-9-11-22(19)30-24(21)28)25-31-32-33-34(25)27(6,7)16-26(3,4)5/h8-15,23,29H,16H2,1-7H3. The minimum absolute atomic E-state index is 0.103. The fourth-order valence-electron chi connectivity index (χ4n) is 4.77. The van der Waals surface area contributed by atoms with Gasteiger partial charge in [-0.3, -0.25) is 0 Å². The maximum absolute atomic E-state index is 6.78. The topological polar surface area (TPSA) is 68.5 Å². The van der Waals surface area contributed by atoms with Crippen LogP contribution in [-0.2, 0) is 5.54 Å². The molecule has 0 aliphatic rings. The number of benzene rings is 2. The molecule has 0 bridgehead atoms. The summed E-state index contributed by atoms with van der Waals surface area (Å²) in [4.78, 5) is 4.68. The van der Waals surface area contributed by atoms with Gasteiger partial charge in [-0.15, -0.1) is 5.10 Å². The van der Waals surface area contributed by atoms with E-state index in [1.807, 2.05) is 28.9 Å². The minimum atomic E-state index is -0.388. The van der Waals surface area contributed by atoms with Crippen molar-refractivity contribution in [1.29, 1.82) is 0 Å². The zero-order valence-electron chi connectivity index (χ0n) is 21.0. The summed E-state index contributed by atoms with van der Waals surface area (Å²) in [5, 5.41) is 18.1. The quantitative estimate of drug-likeness (QED) is 0.308. The van der Waals surface area contributed by atoms with Crippen LogP contribution in [0.1, 0.15) is 69.6 Å². The fourth-order valence-corrected chi connectivity index (χ4v) is 5.02. The van der Waals surface area contributed by atoms with Crippen LogP contribution in [0.25, 0.3) is 10.9 Å². The Balaban J connectivity index is 1.87. The summed E-state index contributed by atoms with van der Waals surface area (Å²) in [5.41, 5.74) is 4.90. The molecule has 7 heteroatoms. The number of hydrogen-bond acceptors (Lipinski definition) is 5. The zero-order valence-corrected chi connectivity index (χ0v) is 21.8. The average molecular weight is 477 g/mol. The number of rotatable bonds is 6. The number of nitrogens with zero attached hydrogens (tertiary/aromatic N) is 5. The third-order valence-electron chi connectivity index (χ3n) is 6.12. The highest BCUT2D eigenvalue weighted by Crippen LogP contribution is 2.37. The number of tetrazole rings is 1. The van der Waals surface area contributed by atoms with Crippen LogP contribution >= 0.6 is 11.6 Å². The van der Waals surface area contributed by atoms with Gasteiger partial charge in [-0.2, -0.15) is 0 Å². The highest BCUT2D eigenvalue weighted by molar-refractivity contribution is 6.30. The van der Waals surface area contributed by atoms with Gasteiger partial charge >= 0.3 is 0 Å². The maximum atomic E-state index is 6.78. The number of hydrogen-bond donors (Lipinski definition) is 1. The number of para-hydroxylation sites is 1. The molecule has 0 spiro atoms. The van der Waals surface area contributed by atoms with Crippen LogP contribution in [0.2, 0.25) is 5.15 Å².